The van der Waals surface area contributed by atoms with Crippen molar-refractivity contribution in [2.45, 2.75) is 25.2 Å². The Morgan fingerprint density at radius 1 is 1.23 bits per heavy atom. The number of benzene rings is 1. The van der Waals surface area contributed by atoms with Crippen molar-refractivity contribution < 1.29 is 13.2 Å². The van der Waals surface area contributed by atoms with Gasteiger partial charge in [0.25, 0.3) is 0 Å². The first-order valence-corrected chi connectivity index (χ1v) is 8.48. The number of carbonyl (C=O) groups excluding carboxylic acids is 1. The topological polar surface area (TPSA) is 89.0 Å². The molecule has 116 valence electrons. The Kier molecular flexibility index (Phi) is 4.87. The molecule has 1 aromatic heterocycles. The minimum Gasteiger partial charge on any atom is -0.324 e. The quantitative estimate of drug-likeness (QED) is 0.907. The summed E-state index contributed by atoms with van der Waals surface area (Å²) in [7, 11) is -3.36. The molecule has 0 aliphatic rings. The van der Waals surface area contributed by atoms with Crippen LogP contribution in [0.15, 0.2) is 41.4 Å². The molecular formula is C15H17N3O3S. The number of nitrogens with one attached hydrogen (secondary N) is 1. The zero-order valence-corrected chi connectivity index (χ0v) is 13.2. The average molecular weight is 319 g/mol. The first-order valence-electron chi connectivity index (χ1n) is 6.83. The predicted octanol–water partition coefficient (Wildman–Crippen LogP) is 1.76. The van der Waals surface area contributed by atoms with Gasteiger partial charge in [0.05, 0.1) is 34.6 Å². The minimum absolute atomic E-state index is 0.000977. The molecule has 2 rings (SSSR count). The number of aryl methyl sites for hydroxylation is 1. The van der Waals surface area contributed by atoms with Crippen molar-refractivity contribution in [2.24, 2.45) is 0 Å². The van der Waals surface area contributed by atoms with Crippen LogP contribution in [-0.4, -0.2) is 30.3 Å². The van der Waals surface area contributed by atoms with Crippen LogP contribution in [0.25, 0.3) is 0 Å². The van der Waals surface area contributed by atoms with E-state index in [2.05, 4.69) is 15.5 Å². The highest BCUT2D eigenvalue weighted by Crippen LogP contribution is 2.18. The number of hydrogen-bond donors (Lipinski definition) is 1. The third kappa shape index (κ3) is 3.67. The number of amides is 1. The molecule has 1 heterocycles. The molecule has 2 aromatic rings. The number of sulfone groups is 1. The van der Waals surface area contributed by atoms with Gasteiger partial charge >= 0.3 is 0 Å². The van der Waals surface area contributed by atoms with E-state index >= 15 is 0 Å². The Hall–Kier alpha value is -2.28. The van der Waals surface area contributed by atoms with Crippen LogP contribution in [0.4, 0.5) is 5.69 Å². The van der Waals surface area contributed by atoms with E-state index in [9.17, 15) is 13.2 Å². The summed E-state index contributed by atoms with van der Waals surface area (Å²) >= 11 is 0. The summed E-state index contributed by atoms with van der Waals surface area (Å²) in [5.41, 5.74) is 1.66. The highest BCUT2D eigenvalue weighted by Gasteiger charge is 2.18. The lowest BCUT2D eigenvalue weighted by Gasteiger charge is -2.10. The molecule has 1 N–H and O–H groups in total. The number of aromatic nitrogens is 2. The summed E-state index contributed by atoms with van der Waals surface area (Å²) in [5, 5.41) is 10.3. The van der Waals surface area contributed by atoms with E-state index in [1.165, 1.54) is 12.3 Å². The maximum absolute atomic E-state index is 12.1. The van der Waals surface area contributed by atoms with Gasteiger partial charge in [0.2, 0.25) is 5.91 Å². The summed E-state index contributed by atoms with van der Waals surface area (Å²) < 4.78 is 24.1. The molecule has 0 spiro atoms. The number of anilines is 1. The Morgan fingerprint density at radius 2 is 1.95 bits per heavy atom. The van der Waals surface area contributed by atoms with Gasteiger partial charge in [-0.05, 0) is 24.6 Å². The summed E-state index contributed by atoms with van der Waals surface area (Å²) in [6.45, 7) is 3.32. The minimum atomic E-state index is -3.36. The van der Waals surface area contributed by atoms with Crippen LogP contribution in [0.2, 0.25) is 0 Å². The van der Waals surface area contributed by atoms with Crippen molar-refractivity contribution in [1.29, 1.82) is 0 Å². The fourth-order valence-corrected chi connectivity index (χ4v) is 3.15. The molecular weight excluding hydrogens is 302 g/mol. The first kappa shape index (κ1) is 16.1. The molecule has 0 atom stereocenters. The maximum atomic E-state index is 12.1. The summed E-state index contributed by atoms with van der Waals surface area (Å²) in [4.78, 5) is 12.4. The van der Waals surface area contributed by atoms with Gasteiger partial charge < -0.3 is 5.32 Å². The van der Waals surface area contributed by atoms with E-state index in [-0.39, 0.29) is 23.0 Å². The number of hydrogen-bond acceptors (Lipinski definition) is 5. The molecule has 0 saturated carbocycles. The van der Waals surface area contributed by atoms with Crippen LogP contribution in [0.5, 0.6) is 0 Å². The largest absolute Gasteiger partial charge is 0.324 e. The standard InChI is InChI=1S/C15H17N3O3S/c1-3-22(20,21)14-7-5-4-6-12(14)10-15(19)17-13-8-9-16-18-11(13)2/h4-9H,3,10H2,1-2H3,(H,16,17,19). The van der Waals surface area contributed by atoms with Crippen molar-refractivity contribution in [3.63, 3.8) is 0 Å². The van der Waals surface area contributed by atoms with Gasteiger partial charge in [0.1, 0.15) is 0 Å². The molecule has 0 aliphatic carbocycles. The van der Waals surface area contributed by atoms with Crippen molar-refractivity contribution in [3.05, 3.63) is 47.8 Å². The molecule has 22 heavy (non-hydrogen) atoms. The van der Waals surface area contributed by atoms with Gasteiger partial charge in [0.15, 0.2) is 9.84 Å². The molecule has 6 nitrogen and oxygen atoms in total. The van der Waals surface area contributed by atoms with Crippen LogP contribution in [0, 0.1) is 6.92 Å². The smallest absolute Gasteiger partial charge is 0.228 e. The van der Waals surface area contributed by atoms with Crippen molar-refractivity contribution in [1.82, 2.24) is 10.2 Å². The van der Waals surface area contributed by atoms with Crippen LogP contribution >= 0.6 is 0 Å². The van der Waals surface area contributed by atoms with Gasteiger partial charge in [-0.15, -0.1) is 0 Å². The van der Waals surface area contributed by atoms with Crippen LogP contribution in [0.1, 0.15) is 18.2 Å². The van der Waals surface area contributed by atoms with Crippen LogP contribution in [0.3, 0.4) is 0 Å². The number of carbonyl (C=O) groups is 1. The number of nitrogens with zero attached hydrogens (tertiary/aromatic N) is 2. The van der Waals surface area contributed by atoms with E-state index < -0.39 is 9.84 Å². The van der Waals surface area contributed by atoms with Crippen molar-refractivity contribution >= 4 is 21.4 Å². The molecule has 1 amide bonds. The summed E-state index contributed by atoms with van der Waals surface area (Å²) in [5.74, 6) is -0.297. The lowest BCUT2D eigenvalue weighted by molar-refractivity contribution is -0.115. The van der Waals surface area contributed by atoms with Crippen molar-refractivity contribution in [2.75, 3.05) is 11.1 Å². The highest BCUT2D eigenvalue weighted by atomic mass is 32.2. The van der Waals surface area contributed by atoms with E-state index in [4.69, 9.17) is 0 Å². The van der Waals surface area contributed by atoms with Gasteiger partial charge in [-0.3, -0.25) is 4.79 Å². The fraction of sp³-hybridized carbons (Fsp3) is 0.267. The average Bonchev–Trinajstić information content (AvgIpc) is 2.50. The Balaban J connectivity index is 2.21. The second kappa shape index (κ2) is 6.65. The first-order chi connectivity index (χ1) is 10.4. The Labute approximate surface area is 129 Å². The van der Waals surface area contributed by atoms with E-state index in [0.717, 1.165) is 0 Å². The van der Waals surface area contributed by atoms with Gasteiger partial charge in [0, 0.05) is 0 Å². The van der Waals surface area contributed by atoms with Crippen LogP contribution in [-0.2, 0) is 21.1 Å². The Morgan fingerprint density at radius 3 is 2.64 bits per heavy atom. The molecule has 0 fully saturated rings. The second-order valence-corrected chi connectivity index (χ2v) is 7.01. The molecule has 0 aliphatic heterocycles. The monoisotopic (exact) mass is 319 g/mol. The summed E-state index contributed by atoms with van der Waals surface area (Å²) in [6, 6.07) is 8.20. The molecule has 1 aromatic carbocycles. The number of rotatable bonds is 5. The van der Waals surface area contributed by atoms with Gasteiger partial charge in [-0.2, -0.15) is 10.2 Å². The lowest BCUT2D eigenvalue weighted by atomic mass is 10.1. The molecule has 0 bridgehead atoms. The van der Waals surface area contributed by atoms with Crippen molar-refractivity contribution in [3.8, 4) is 0 Å². The van der Waals surface area contributed by atoms with Crippen LogP contribution < -0.4 is 5.32 Å². The zero-order chi connectivity index (χ0) is 16.2. The fourth-order valence-electron chi connectivity index (χ4n) is 2.01. The van der Waals surface area contributed by atoms with E-state index in [1.54, 1.807) is 38.1 Å². The normalized spacial score (nSPS) is 11.2. The maximum Gasteiger partial charge on any atom is 0.228 e. The zero-order valence-electron chi connectivity index (χ0n) is 12.4. The highest BCUT2D eigenvalue weighted by molar-refractivity contribution is 7.91. The molecule has 0 radical (unpaired) electrons. The van der Waals surface area contributed by atoms with Gasteiger partial charge in [-0.25, -0.2) is 8.42 Å². The molecule has 0 saturated heterocycles. The lowest BCUT2D eigenvalue weighted by Crippen LogP contribution is -2.18. The van der Waals surface area contributed by atoms with Gasteiger partial charge in [-0.1, -0.05) is 25.1 Å². The predicted molar refractivity (Wildman–Crippen MR) is 83.3 cm³/mol. The second-order valence-electron chi connectivity index (χ2n) is 4.77. The molecule has 7 heteroatoms. The third-order valence-electron chi connectivity index (χ3n) is 3.22. The van der Waals surface area contributed by atoms with E-state index in [1.807, 2.05) is 0 Å². The summed E-state index contributed by atoms with van der Waals surface area (Å²) in [6.07, 6.45) is 1.47. The Bertz CT molecular complexity index is 788. The third-order valence-corrected chi connectivity index (χ3v) is 5.05. The molecule has 0 unspecified atom stereocenters. The van der Waals surface area contributed by atoms with E-state index in [0.29, 0.717) is 16.9 Å². The SMILES string of the molecule is CCS(=O)(=O)c1ccccc1CC(=O)Nc1ccnnc1C.